The van der Waals surface area contributed by atoms with E-state index in [0.717, 1.165) is 14.2 Å². The smallest absolute Gasteiger partial charge is 0.304 e. The lowest BCUT2D eigenvalue weighted by Crippen LogP contribution is -2.46. The second-order valence-electron chi connectivity index (χ2n) is 6.19. The molecule has 2 aromatic rings. The zero-order chi connectivity index (χ0) is 20.0. The van der Waals surface area contributed by atoms with Gasteiger partial charge in [0.15, 0.2) is 0 Å². The molecule has 0 atom stereocenters. The van der Waals surface area contributed by atoms with Crippen LogP contribution in [0, 0.1) is 0 Å². The molecule has 2 aromatic carbocycles. The number of amides is 1. The SMILES string of the molecule is COc1ccccc1CN(C)C(=O)CN(c1ccccc1)S(=O)(=O)N(C)C. The summed E-state index contributed by atoms with van der Waals surface area (Å²) in [6.07, 6.45) is 0. The molecule has 1 amide bonds. The van der Waals surface area contributed by atoms with Gasteiger partial charge in [0.2, 0.25) is 5.91 Å². The van der Waals surface area contributed by atoms with Gasteiger partial charge < -0.3 is 9.64 Å². The van der Waals surface area contributed by atoms with E-state index in [4.69, 9.17) is 4.74 Å². The molecule has 0 radical (unpaired) electrons. The van der Waals surface area contributed by atoms with Crippen molar-refractivity contribution >= 4 is 21.8 Å². The van der Waals surface area contributed by atoms with Crippen LogP contribution in [-0.4, -0.2) is 58.3 Å². The van der Waals surface area contributed by atoms with Crippen LogP contribution in [0.5, 0.6) is 5.75 Å². The van der Waals surface area contributed by atoms with Gasteiger partial charge in [-0.2, -0.15) is 12.7 Å². The van der Waals surface area contributed by atoms with Crippen molar-refractivity contribution in [3.05, 3.63) is 60.2 Å². The Bertz CT molecular complexity index is 870. The molecule has 0 saturated carbocycles. The molecule has 0 fully saturated rings. The Kier molecular flexibility index (Phi) is 6.81. The molecule has 0 aliphatic heterocycles. The molecule has 0 bridgehead atoms. The Balaban J connectivity index is 2.23. The Morgan fingerprint density at radius 1 is 0.963 bits per heavy atom. The first-order chi connectivity index (χ1) is 12.8. The average Bonchev–Trinajstić information content (AvgIpc) is 2.66. The van der Waals surface area contributed by atoms with Crippen LogP contribution in [0.2, 0.25) is 0 Å². The van der Waals surface area contributed by atoms with Gasteiger partial charge in [0.25, 0.3) is 0 Å². The minimum absolute atomic E-state index is 0.295. The summed E-state index contributed by atoms with van der Waals surface area (Å²) in [6.45, 7) is 0.0175. The topological polar surface area (TPSA) is 70.2 Å². The molecule has 0 aliphatic carbocycles. The summed E-state index contributed by atoms with van der Waals surface area (Å²) in [5.41, 5.74) is 1.28. The molecule has 8 heteroatoms. The minimum atomic E-state index is -3.81. The maximum atomic E-state index is 12.8. The number of hydrogen-bond donors (Lipinski definition) is 0. The van der Waals surface area contributed by atoms with E-state index in [-0.39, 0.29) is 12.5 Å². The van der Waals surface area contributed by atoms with E-state index in [1.54, 1.807) is 44.5 Å². The maximum Gasteiger partial charge on any atom is 0.304 e. The zero-order valence-electron chi connectivity index (χ0n) is 16.0. The van der Waals surface area contributed by atoms with Gasteiger partial charge in [0.05, 0.1) is 12.8 Å². The van der Waals surface area contributed by atoms with E-state index in [2.05, 4.69) is 0 Å². The lowest BCUT2D eigenvalue weighted by Gasteiger charge is -2.29. The molecule has 0 heterocycles. The van der Waals surface area contributed by atoms with Crippen LogP contribution in [0.25, 0.3) is 0 Å². The highest BCUT2D eigenvalue weighted by Gasteiger charge is 2.28. The summed E-state index contributed by atoms with van der Waals surface area (Å²) < 4.78 is 32.9. The number of carbonyl (C=O) groups excluding carboxylic acids is 1. The monoisotopic (exact) mass is 391 g/mol. The van der Waals surface area contributed by atoms with Gasteiger partial charge in [-0.3, -0.25) is 4.79 Å². The second kappa shape index (κ2) is 8.88. The summed E-state index contributed by atoms with van der Waals surface area (Å²) >= 11 is 0. The van der Waals surface area contributed by atoms with Crippen LogP contribution >= 0.6 is 0 Å². The van der Waals surface area contributed by atoms with Crippen LogP contribution in [0.15, 0.2) is 54.6 Å². The van der Waals surface area contributed by atoms with Gasteiger partial charge in [-0.25, -0.2) is 4.31 Å². The summed E-state index contributed by atoms with van der Waals surface area (Å²) in [4.78, 5) is 14.2. The molecule has 27 heavy (non-hydrogen) atoms. The largest absolute Gasteiger partial charge is 0.496 e. The molecule has 0 aromatic heterocycles. The molecule has 2 rings (SSSR count). The first kappa shape index (κ1) is 20.7. The number of nitrogens with zero attached hydrogens (tertiary/aromatic N) is 3. The Labute approximate surface area is 160 Å². The van der Waals surface area contributed by atoms with Crippen molar-refractivity contribution in [1.29, 1.82) is 0 Å². The van der Waals surface area contributed by atoms with Crippen molar-refractivity contribution in [2.45, 2.75) is 6.54 Å². The molecule has 0 saturated heterocycles. The molecular weight excluding hydrogens is 366 g/mol. The van der Waals surface area contributed by atoms with Crippen molar-refractivity contribution < 1.29 is 17.9 Å². The summed E-state index contributed by atoms with van der Waals surface area (Å²) in [6, 6.07) is 16.0. The molecular formula is C19H25N3O4S. The first-order valence-corrected chi connectivity index (χ1v) is 9.78. The van der Waals surface area contributed by atoms with E-state index in [9.17, 15) is 13.2 Å². The normalized spacial score (nSPS) is 11.3. The first-order valence-electron chi connectivity index (χ1n) is 8.38. The van der Waals surface area contributed by atoms with Crippen LogP contribution < -0.4 is 9.04 Å². The Morgan fingerprint density at radius 3 is 2.15 bits per heavy atom. The molecule has 0 aliphatic rings. The number of anilines is 1. The third-order valence-corrected chi connectivity index (χ3v) is 5.91. The van der Waals surface area contributed by atoms with Gasteiger partial charge in [-0.05, 0) is 18.2 Å². The molecule has 146 valence electrons. The molecule has 0 spiro atoms. The van der Waals surface area contributed by atoms with Crippen molar-refractivity contribution in [1.82, 2.24) is 9.21 Å². The highest BCUT2D eigenvalue weighted by atomic mass is 32.2. The zero-order valence-corrected chi connectivity index (χ0v) is 16.8. The van der Waals surface area contributed by atoms with Crippen molar-refractivity contribution in [3.8, 4) is 5.75 Å². The fourth-order valence-corrected chi connectivity index (χ4v) is 3.57. The van der Waals surface area contributed by atoms with Gasteiger partial charge >= 0.3 is 10.2 Å². The lowest BCUT2D eigenvalue weighted by atomic mass is 10.2. The van der Waals surface area contributed by atoms with Crippen LogP contribution in [0.1, 0.15) is 5.56 Å². The molecule has 0 N–H and O–H groups in total. The number of methoxy groups -OCH3 is 1. The van der Waals surface area contributed by atoms with Crippen molar-refractivity contribution in [2.75, 3.05) is 39.1 Å². The number of rotatable bonds is 8. The van der Waals surface area contributed by atoms with Gasteiger partial charge in [0.1, 0.15) is 12.3 Å². The van der Waals surface area contributed by atoms with Crippen LogP contribution in [0.4, 0.5) is 5.69 Å². The Morgan fingerprint density at radius 2 is 1.56 bits per heavy atom. The average molecular weight is 391 g/mol. The standard InChI is InChI=1S/C19H25N3O4S/c1-20(2)27(24,25)22(17-11-6-5-7-12-17)15-19(23)21(3)14-16-10-8-9-13-18(16)26-4/h5-13H,14-15H2,1-4H3. The van der Waals surface area contributed by atoms with Crippen molar-refractivity contribution in [2.24, 2.45) is 0 Å². The van der Waals surface area contributed by atoms with Gasteiger partial charge in [-0.15, -0.1) is 0 Å². The van der Waals surface area contributed by atoms with E-state index in [1.807, 2.05) is 24.3 Å². The number of ether oxygens (including phenoxy) is 1. The van der Waals surface area contributed by atoms with Crippen molar-refractivity contribution in [3.63, 3.8) is 0 Å². The van der Waals surface area contributed by atoms with Gasteiger partial charge in [0, 0.05) is 33.3 Å². The van der Waals surface area contributed by atoms with Crippen LogP contribution in [-0.2, 0) is 21.5 Å². The summed E-state index contributed by atoms with van der Waals surface area (Å²) in [5, 5.41) is 0. The molecule has 0 unspecified atom stereocenters. The quantitative estimate of drug-likeness (QED) is 0.690. The number of hydrogen-bond acceptors (Lipinski definition) is 4. The van der Waals surface area contributed by atoms with E-state index < -0.39 is 10.2 Å². The predicted molar refractivity (Wildman–Crippen MR) is 106 cm³/mol. The number of para-hydroxylation sites is 2. The fraction of sp³-hybridized carbons (Fsp3) is 0.316. The second-order valence-corrected chi connectivity index (χ2v) is 8.26. The van der Waals surface area contributed by atoms with E-state index in [1.165, 1.54) is 19.0 Å². The summed E-state index contributed by atoms with van der Waals surface area (Å²) in [5.74, 6) is 0.355. The maximum absolute atomic E-state index is 12.8. The lowest BCUT2D eigenvalue weighted by molar-refractivity contribution is -0.128. The fourth-order valence-electron chi connectivity index (χ4n) is 2.52. The molecule has 7 nitrogen and oxygen atoms in total. The van der Waals surface area contributed by atoms with Gasteiger partial charge in [-0.1, -0.05) is 36.4 Å². The number of benzene rings is 2. The summed E-state index contributed by atoms with van der Waals surface area (Å²) in [7, 11) is 2.28. The Hall–Kier alpha value is -2.58. The highest BCUT2D eigenvalue weighted by molar-refractivity contribution is 7.90. The number of carbonyl (C=O) groups is 1. The predicted octanol–water partition coefficient (Wildman–Crippen LogP) is 1.97. The minimum Gasteiger partial charge on any atom is -0.496 e. The third kappa shape index (κ3) is 4.99. The third-order valence-electron chi connectivity index (χ3n) is 4.09. The van der Waals surface area contributed by atoms with Crippen LogP contribution in [0.3, 0.4) is 0 Å². The van der Waals surface area contributed by atoms with E-state index >= 15 is 0 Å². The highest BCUT2D eigenvalue weighted by Crippen LogP contribution is 2.21. The number of likely N-dealkylation sites (N-methyl/N-ethyl adjacent to an activating group) is 1. The van der Waals surface area contributed by atoms with E-state index in [0.29, 0.717) is 18.0 Å².